The van der Waals surface area contributed by atoms with Gasteiger partial charge < -0.3 is 0 Å². The van der Waals surface area contributed by atoms with Crippen LogP contribution in [0.3, 0.4) is 0 Å². The third kappa shape index (κ3) is 7.18. The number of aromatic nitrogens is 4. The Kier molecular flexibility index (Phi) is 9.18. The molecule has 10 aromatic rings. The van der Waals surface area contributed by atoms with Gasteiger partial charge in [-0.1, -0.05) is 194 Å². The standard InChI is InChI=1S/C54H36N4/c1-5-13-39(14-6-1)49-35-51(57-53(55-49)43-17-9-3-10-18-43)41-25-21-37(22-26-41)45-29-31-48-34-46(30-32-47(48)33-45)38-23-27-42(28-24-38)52-36-50(40-15-7-2-8-16-40)56-54(58-52)44-19-11-4-12-20-44/h1-36H. The van der Waals surface area contributed by atoms with Gasteiger partial charge in [0, 0.05) is 33.4 Å². The Labute approximate surface area is 337 Å². The molecule has 0 N–H and O–H groups in total. The molecule has 4 nitrogen and oxygen atoms in total. The van der Waals surface area contributed by atoms with Crippen LogP contribution in [0.25, 0.3) is 101 Å². The first-order valence-electron chi connectivity index (χ1n) is 19.5. The zero-order valence-corrected chi connectivity index (χ0v) is 31.6. The van der Waals surface area contributed by atoms with Gasteiger partial charge in [0.1, 0.15) is 0 Å². The maximum Gasteiger partial charge on any atom is 0.160 e. The molecule has 8 aromatic carbocycles. The normalized spacial score (nSPS) is 11.1. The van der Waals surface area contributed by atoms with E-state index in [2.05, 4.69) is 146 Å². The summed E-state index contributed by atoms with van der Waals surface area (Å²) < 4.78 is 0. The van der Waals surface area contributed by atoms with Crippen molar-refractivity contribution in [2.45, 2.75) is 0 Å². The highest BCUT2D eigenvalue weighted by molar-refractivity contribution is 5.91. The van der Waals surface area contributed by atoms with Crippen molar-refractivity contribution in [1.82, 2.24) is 19.9 Å². The van der Waals surface area contributed by atoms with Crippen LogP contribution >= 0.6 is 0 Å². The first kappa shape index (κ1) is 34.7. The van der Waals surface area contributed by atoms with Crippen LogP contribution in [-0.4, -0.2) is 19.9 Å². The van der Waals surface area contributed by atoms with Gasteiger partial charge in [0.25, 0.3) is 0 Å². The quantitative estimate of drug-likeness (QED) is 0.156. The summed E-state index contributed by atoms with van der Waals surface area (Å²) >= 11 is 0. The lowest BCUT2D eigenvalue weighted by atomic mass is 9.96. The fourth-order valence-electron chi connectivity index (χ4n) is 7.41. The van der Waals surface area contributed by atoms with Crippen molar-refractivity contribution in [2.24, 2.45) is 0 Å². The molecule has 0 atom stereocenters. The van der Waals surface area contributed by atoms with Crippen molar-refractivity contribution >= 4 is 10.8 Å². The lowest BCUT2D eigenvalue weighted by molar-refractivity contribution is 1.18. The number of rotatable bonds is 8. The monoisotopic (exact) mass is 740 g/mol. The van der Waals surface area contributed by atoms with Crippen LogP contribution in [-0.2, 0) is 0 Å². The third-order valence-electron chi connectivity index (χ3n) is 10.5. The van der Waals surface area contributed by atoms with Gasteiger partial charge >= 0.3 is 0 Å². The molecule has 2 aromatic heterocycles. The Morgan fingerprint density at radius 2 is 0.448 bits per heavy atom. The summed E-state index contributed by atoms with van der Waals surface area (Å²) in [6.45, 7) is 0. The molecule has 58 heavy (non-hydrogen) atoms. The molecular formula is C54H36N4. The molecule has 0 unspecified atom stereocenters. The second kappa shape index (κ2) is 15.4. The number of benzene rings is 8. The maximum absolute atomic E-state index is 5.01. The van der Waals surface area contributed by atoms with E-state index in [0.717, 1.165) is 67.3 Å². The maximum atomic E-state index is 5.01. The lowest BCUT2D eigenvalue weighted by Gasteiger charge is -2.11. The Morgan fingerprint density at radius 3 is 0.776 bits per heavy atom. The zero-order chi connectivity index (χ0) is 38.7. The van der Waals surface area contributed by atoms with E-state index in [4.69, 9.17) is 19.9 Å². The Balaban J connectivity index is 0.914. The molecule has 0 aliphatic heterocycles. The SMILES string of the molecule is c1ccc(-c2cc(-c3ccc(-c4ccc5cc(-c6ccc(-c7cc(-c8ccccc8)nc(-c8ccccc8)n7)cc6)ccc5c4)cc3)nc(-c3ccccc3)n2)cc1. The predicted molar refractivity (Wildman–Crippen MR) is 239 cm³/mol. The van der Waals surface area contributed by atoms with E-state index < -0.39 is 0 Å². The minimum Gasteiger partial charge on any atom is -0.228 e. The molecule has 4 heteroatoms. The molecule has 0 spiro atoms. The van der Waals surface area contributed by atoms with Gasteiger partial charge in [-0.25, -0.2) is 19.9 Å². The van der Waals surface area contributed by atoms with Gasteiger partial charge in [-0.15, -0.1) is 0 Å². The highest BCUT2D eigenvalue weighted by Gasteiger charge is 2.13. The molecule has 10 rings (SSSR count). The molecule has 0 saturated carbocycles. The van der Waals surface area contributed by atoms with Gasteiger partial charge in [-0.3, -0.25) is 0 Å². The van der Waals surface area contributed by atoms with Crippen molar-refractivity contribution in [3.8, 4) is 90.1 Å². The van der Waals surface area contributed by atoms with E-state index in [0.29, 0.717) is 11.6 Å². The second-order valence-electron chi connectivity index (χ2n) is 14.3. The van der Waals surface area contributed by atoms with Crippen molar-refractivity contribution < 1.29 is 0 Å². The van der Waals surface area contributed by atoms with Crippen LogP contribution in [0.4, 0.5) is 0 Å². The van der Waals surface area contributed by atoms with Gasteiger partial charge in [0.05, 0.1) is 22.8 Å². The number of hydrogen-bond donors (Lipinski definition) is 0. The average Bonchev–Trinajstić information content (AvgIpc) is 3.32. The first-order valence-corrected chi connectivity index (χ1v) is 19.5. The molecule has 2 heterocycles. The van der Waals surface area contributed by atoms with E-state index in [9.17, 15) is 0 Å². The van der Waals surface area contributed by atoms with Crippen molar-refractivity contribution in [3.05, 3.63) is 218 Å². The fraction of sp³-hybridized carbons (Fsp3) is 0. The van der Waals surface area contributed by atoms with Gasteiger partial charge in [0.2, 0.25) is 0 Å². The minimum absolute atomic E-state index is 0.714. The molecule has 0 aliphatic carbocycles. The summed E-state index contributed by atoms with van der Waals surface area (Å²) in [6, 6.07) is 75.8. The average molecular weight is 741 g/mol. The Morgan fingerprint density at radius 1 is 0.190 bits per heavy atom. The van der Waals surface area contributed by atoms with E-state index in [-0.39, 0.29) is 0 Å². The van der Waals surface area contributed by atoms with Crippen LogP contribution in [0.5, 0.6) is 0 Å². The predicted octanol–water partition coefficient (Wildman–Crippen LogP) is 13.8. The van der Waals surface area contributed by atoms with Crippen LogP contribution in [0, 0.1) is 0 Å². The summed E-state index contributed by atoms with van der Waals surface area (Å²) in [6.07, 6.45) is 0. The first-order chi connectivity index (χ1) is 28.7. The lowest BCUT2D eigenvalue weighted by Crippen LogP contribution is -1.95. The van der Waals surface area contributed by atoms with Crippen LogP contribution in [0.15, 0.2) is 218 Å². The Bertz CT molecular complexity index is 2680. The van der Waals surface area contributed by atoms with Gasteiger partial charge in [-0.05, 0) is 57.3 Å². The molecule has 0 saturated heterocycles. The number of hydrogen-bond acceptors (Lipinski definition) is 4. The second-order valence-corrected chi connectivity index (χ2v) is 14.3. The summed E-state index contributed by atoms with van der Waals surface area (Å²) in [4.78, 5) is 19.9. The van der Waals surface area contributed by atoms with Crippen molar-refractivity contribution in [3.63, 3.8) is 0 Å². The largest absolute Gasteiger partial charge is 0.228 e. The molecule has 0 bridgehead atoms. The van der Waals surface area contributed by atoms with Gasteiger partial charge in [-0.2, -0.15) is 0 Å². The zero-order valence-electron chi connectivity index (χ0n) is 31.6. The van der Waals surface area contributed by atoms with Crippen LogP contribution in [0.1, 0.15) is 0 Å². The minimum atomic E-state index is 0.714. The summed E-state index contributed by atoms with van der Waals surface area (Å²) in [5, 5.41) is 2.39. The Hall–Kier alpha value is -7.82. The molecule has 0 aliphatic rings. The smallest absolute Gasteiger partial charge is 0.160 e. The number of nitrogens with zero attached hydrogens (tertiary/aromatic N) is 4. The fourth-order valence-corrected chi connectivity index (χ4v) is 7.41. The summed E-state index contributed by atoms with van der Waals surface area (Å²) in [5.74, 6) is 1.43. The van der Waals surface area contributed by atoms with Crippen molar-refractivity contribution in [1.29, 1.82) is 0 Å². The molecule has 0 amide bonds. The topological polar surface area (TPSA) is 51.6 Å². The van der Waals surface area contributed by atoms with E-state index >= 15 is 0 Å². The number of fused-ring (bicyclic) bond motifs is 1. The molecular weight excluding hydrogens is 705 g/mol. The van der Waals surface area contributed by atoms with E-state index in [1.54, 1.807) is 0 Å². The highest BCUT2D eigenvalue weighted by atomic mass is 14.9. The molecule has 0 fully saturated rings. The van der Waals surface area contributed by atoms with Crippen molar-refractivity contribution in [2.75, 3.05) is 0 Å². The summed E-state index contributed by atoms with van der Waals surface area (Å²) in [7, 11) is 0. The van der Waals surface area contributed by atoms with Crippen LogP contribution in [0.2, 0.25) is 0 Å². The molecule has 272 valence electrons. The van der Waals surface area contributed by atoms with Gasteiger partial charge in [0.15, 0.2) is 11.6 Å². The third-order valence-corrected chi connectivity index (χ3v) is 10.5. The van der Waals surface area contributed by atoms with E-state index in [1.807, 2.05) is 72.8 Å². The van der Waals surface area contributed by atoms with Crippen LogP contribution < -0.4 is 0 Å². The summed E-state index contributed by atoms with van der Waals surface area (Å²) in [5.41, 5.74) is 14.4. The highest BCUT2D eigenvalue weighted by Crippen LogP contribution is 2.33. The molecule has 0 radical (unpaired) electrons. The van der Waals surface area contributed by atoms with E-state index in [1.165, 1.54) is 21.9 Å².